The summed E-state index contributed by atoms with van der Waals surface area (Å²) in [6.45, 7) is 1.84. The smallest absolute Gasteiger partial charge is 0.140 e. The molecule has 1 aliphatic heterocycles. The minimum Gasteiger partial charge on any atom is -0.409 e. The van der Waals surface area contributed by atoms with Crippen molar-refractivity contribution in [1.82, 2.24) is 5.32 Å². The van der Waals surface area contributed by atoms with Crippen LogP contribution < -0.4 is 11.1 Å². The lowest BCUT2D eigenvalue weighted by Gasteiger charge is -2.21. The van der Waals surface area contributed by atoms with E-state index < -0.39 is 0 Å². The average molecular weight is 217 g/mol. The number of nitrogens with two attached hydrogens (primary N) is 1. The van der Waals surface area contributed by atoms with Crippen molar-refractivity contribution in [2.75, 3.05) is 18.8 Å². The average Bonchev–Trinajstić information content (AvgIpc) is 2.25. The Hall–Kier alpha value is -0.420. The van der Waals surface area contributed by atoms with Gasteiger partial charge in [-0.25, -0.2) is 0 Å². The molecule has 1 fully saturated rings. The molecule has 1 rings (SSSR count). The monoisotopic (exact) mass is 217 g/mol. The van der Waals surface area contributed by atoms with Gasteiger partial charge < -0.3 is 16.3 Å². The van der Waals surface area contributed by atoms with Crippen molar-refractivity contribution in [3.8, 4) is 0 Å². The quantitative estimate of drug-likeness (QED) is 0.211. The van der Waals surface area contributed by atoms with E-state index in [1.165, 1.54) is 25.0 Å². The van der Waals surface area contributed by atoms with E-state index in [9.17, 15) is 0 Å². The van der Waals surface area contributed by atoms with Gasteiger partial charge in [-0.2, -0.15) is 11.8 Å². The molecule has 1 unspecified atom stereocenters. The molecular weight excluding hydrogens is 198 g/mol. The molecule has 0 bridgehead atoms. The first-order chi connectivity index (χ1) is 6.83. The summed E-state index contributed by atoms with van der Waals surface area (Å²) in [5.41, 5.74) is 5.35. The summed E-state index contributed by atoms with van der Waals surface area (Å²) in [7, 11) is 0. The van der Waals surface area contributed by atoms with Gasteiger partial charge >= 0.3 is 0 Å². The van der Waals surface area contributed by atoms with E-state index in [2.05, 4.69) is 22.2 Å². The van der Waals surface area contributed by atoms with Crippen LogP contribution in [0, 0.1) is 0 Å². The Balaban J connectivity index is 1.97. The van der Waals surface area contributed by atoms with Crippen LogP contribution >= 0.6 is 11.8 Å². The molecule has 0 aliphatic carbocycles. The van der Waals surface area contributed by atoms with Crippen LogP contribution in [-0.4, -0.2) is 35.1 Å². The maximum atomic E-state index is 8.31. The molecule has 1 atom stereocenters. The topological polar surface area (TPSA) is 70.6 Å². The Labute approximate surface area is 89.3 Å². The number of oxime groups is 1. The van der Waals surface area contributed by atoms with Crippen molar-refractivity contribution in [3.63, 3.8) is 0 Å². The van der Waals surface area contributed by atoms with Crippen molar-refractivity contribution in [2.45, 2.75) is 30.9 Å². The van der Waals surface area contributed by atoms with E-state index in [1.807, 2.05) is 0 Å². The lowest BCUT2D eigenvalue weighted by atomic mass is 10.2. The van der Waals surface area contributed by atoms with E-state index in [-0.39, 0.29) is 0 Å². The Kier molecular flexibility index (Phi) is 5.78. The number of amidine groups is 1. The molecule has 0 saturated carbocycles. The lowest BCUT2D eigenvalue weighted by Crippen LogP contribution is -2.29. The molecule has 1 aliphatic rings. The number of rotatable bonds is 5. The molecule has 0 radical (unpaired) electrons. The summed E-state index contributed by atoms with van der Waals surface area (Å²) in [6, 6.07) is 0. The molecule has 14 heavy (non-hydrogen) atoms. The van der Waals surface area contributed by atoms with Crippen LogP contribution in [0.2, 0.25) is 0 Å². The third-order valence-corrected chi connectivity index (χ3v) is 3.73. The molecule has 4 nitrogen and oxygen atoms in total. The number of hydrogen-bond donors (Lipinski definition) is 3. The van der Waals surface area contributed by atoms with E-state index in [4.69, 9.17) is 10.9 Å². The second-order valence-electron chi connectivity index (χ2n) is 3.53. The largest absolute Gasteiger partial charge is 0.409 e. The molecule has 1 saturated heterocycles. The van der Waals surface area contributed by atoms with Crippen molar-refractivity contribution in [1.29, 1.82) is 0 Å². The van der Waals surface area contributed by atoms with E-state index >= 15 is 0 Å². The van der Waals surface area contributed by atoms with Crippen LogP contribution in [0.4, 0.5) is 0 Å². The van der Waals surface area contributed by atoms with Gasteiger partial charge in [0.1, 0.15) is 5.84 Å². The molecule has 1 heterocycles. The van der Waals surface area contributed by atoms with Crippen molar-refractivity contribution in [3.05, 3.63) is 0 Å². The SMILES string of the molecule is NC(CCNCC1CCCCS1)=NO. The van der Waals surface area contributed by atoms with Crippen LogP contribution in [0.15, 0.2) is 5.16 Å². The molecule has 0 spiro atoms. The fraction of sp³-hybridized carbons (Fsp3) is 0.889. The Morgan fingerprint density at radius 2 is 2.43 bits per heavy atom. The minimum absolute atomic E-state index is 0.300. The summed E-state index contributed by atoms with van der Waals surface area (Å²) in [5, 5.41) is 15.3. The highest BCUT2D eigenvalue weighted by Gasteiger charge is 2.12. The molecule has 0 aromatic rings. The molecule has 82 valence electrons. The van der Waals surface area contributed by atoms with Crippen LogP contribution in [0.3, 0.4) is 0 Å². The Bertz CT molecular complexity index is 181. The molecule has 5 heteroatoms. The van der Waals surface area contributed by atoms with Crippen LogP contribution in [0.25, 0.3) is 0 Å². The van der Waals surface area contributed by atoms with Gasteiger partial charge in [-0.1, -0.05) is 11.6 Å². The van der Waals surface area contributed by atoms with Crippen molar-refractivity contribution in [2.24, 2.45) is 10.9 Å². The van der Waals surface area contributed by atoms with E-state index in [0.717, 1.165) is 18.3 Å². The van der Waals surface area contributed by atoms with Crippen LogP contribution in [0.1, 0.15) is 25.7 Å². The fourth-order valence-corrected chi connectivity index (χ4v) is 2.77. The van der Waals surface area contributed by atoms with Crippen molar-refractivity contribution < 1.29 is 5.21 Å². The number of nitrogens with one attached hydrogen (secondary N) is 1. The van der Waals surface area contributed by atoms with Gasteiger partial charge in [0, 0.05) is 24.8 Å². The first-order valence-electron chi connectivity index (χ1n) is 5.11. The summed E-state index contributed by atoms with van der Waals surface area (Å²) in [4.78, 5) is 0. The predicted octanol–water partition coefficient (Wildman–Crippen LogP) is 0.998. The van der Waals surface area contributed by atoms with Gasteiger partial charge in [-0.15, -0.1) is 0 Å². The molecule has 0 aromatic carbocycles. The van der Waals surface area contributed by atoms with Crippen molar-refractivity contribution >= 4 is 17.6 Å². The summed E-state index contributed by atoms with van der Waals surface area (Å²) in [5.74, 6) is 1.60. The second-order valence-corrected chi connectivity index (χ2v) is 4.94. The molecule has 0 aromatic heterocycles. The molecule has 0 amide bonds. The predicted molar refractivity (Wildman–Crippen MR) is 61.0 cm³/mol. The zero-order valence-electron chi connectivity index (χ0n) is 8.41. The van der Waals surface area contributed by atoms with Gasteiger partial charge in [-0.05, 0) is 18.6 Å². The van der Waals surface area contributed by atoms with Crippen LogP contribution in [0.5, 0.6) is 0 Å². The van der Waals surface area contributed by atoms with Gasteiger partial charge in [0.2, 0.25) is 0 Å². The fourth-order valence-electron chi connectivity index (χ4n) is 1.50. The third-order valence-electron chi connectivity index (χ3n) is 2.33. The summed E-state index contributed by atoms with van der Waals surface area (Å²) >= 11 is 2.05. The number of nitrogens with zero attached hydrogens (tertiary/aromatic N) is 1. The number of hydrogen-bond acceptors (Lipinski definition) is 4. The maximum Gasteiger partial charge on any atom is 0.140 e. The third kappa shape index (κ3) is 4.72. The number of thioether (sulfide) groups is 1. The Morgan fingerprint density at radius 1 is 1.57 bits per heavy atom. The lowest BCUT2D eigenvalue weighted by molar-refractivity contribution is 0.316. The zero-order valence-corrected chi connectivity index (χ0v) is 9.22. The van der Waals surface area contributed by atoms with E-state index in [0.29, 0.717) is 12.3 Å². The highest BCUT2D eigenvalue weighted by atomic mass is 32.2. The first kappa shape index (κ1) is 11.7. The van der Waals surface area contributed by atoms with Gasteiger partial charge in [0.05, 0.1) is 0 Å². The van der Waals surface area contributed by atoms with E-state index in [1.54, 1.807) is 0 Å². The standard InChI is InChI=1S/C9H19N3OS/c10-9(12-13)4-5-11-7-8-3-1-2-6-14-8/h8,11,13H,1-7H2,(H2,10,12). The molecular formula is C9H19N3OS. The van der Waals surface area contributed by atoms with Gasteiger partial charge in [-0.3, -0.25) is 0 Å². The van der Waals surface area contributed by atoms with Gasteiger partial charge in [0.15, 0.2) is 0 Å². The highest BCUT2D eigenvalue weighted by molar-refractivity contribution is 7.99. The summed E-state index contributed by atoms with van der Waals surface area (Å²) in [6.07, 6.45) is 4.67. The highest BCUT2D eigenvalue weighted by Crippen LogP contribution is 2.24. The minimum atomic E-state index is 0.300. The zero-order chi connectivity index (χ0) is 10.2. The maximum absolute atomic E-state index is 8.31. The summed E-state index contributed by atoms with van der Waals surface area (Å²) < 4.78 is 0. The van der Waals surface area contributed by atoms with Gasteiger partial charge in [0.25, 0.3) is 0 Å². The Morgan fingerprint density at radius 3 is 3.07 bits per heavy atom. The molecule has 4 N–H and O–H groups in total. The first-order valence-corrected chi connectivity index (χ1v) is 6.16. The normalized spacial score (nSPS) is 23.7. The second kappa shape index (κ2) is 6.95. The van der Waals surface area contributed by atoms with Crippen LogP contribution in [-0.2, 0) is 0 Å².